The van der Waals surface area contributed by atoms with Crippen LogP contribution in [0.3, 0.4) is 0 Å². The van der Waals surface area contributed by atoms with Crippen LogP contribution in [0.1, 0.15) is 59.8 Å². The Morgan fingerprint density at radius 1 is 1.13 bits per heavy atom. The van der Waals surface area contributed by atoms with Gasteiger partial charge in [0.2, 0.25) is 0 Å². The number of hydrogen-bond acceptors (Lipinski definition) is 1. The number of hydrogen-bond donors (Lipinski definition) is 1. The highest BCUT2D eigenvalue weighted by molar-refractivity contribution is 4.80. The lowest BCUT2D eigenvalue weighted by molar-refractivity contribution is 0.174. The molecule has 1 aliphatic carbocycles. The van der Waals surface area contributed by atoms with Crippen molar-refractivity contribution in [1.29, 1.82) is 0 Å². The maximum atomic E-state index is 5.80. The van der Waals surface area contributed by atoms with Gasteiger partial charge in [-0.15, -0.1) is 0 Å². The Labute approximate surface area is 95.8 Å². The molecule has 1 heteroatoms. The molecule has 0 atom stereocenters. The van der Waals surface area contributed by atoms with Gasteiger partial charge in [-0.05, 0) is 49.0 Å². The second kappa shape index (κ2) is 5.34. The summed E-state index contributed by atoms with van der Waals surface area (Å²) >= 11 is 0. The molecule has 0 aliphatic heterocycles. The largest absolute Gasteiger partial charge is 0.330 e. The van der Waals surface area contributed by atoms with Crippen molar-refractivity contribution in [3.63, 3.8) is 0 Å². The predicted molar refractivity (Wildman–Crippen MR) is 67.7 cm³/mol. The fourth-order valence-electron chi connectivity index (χ4n) is 2.92. The van der Waals surface area contributed by atoms with Crippen molar-refractivity contribution in [2.45, 2.75) is 59.8 Å². The fourth-order valence-corrected chi connectivity index (χ4v) is 2.92. The minimum atomic E-state index is 0.356. The van der Waals surface area contributed by atoms with E-state index in [1.54, 1.807) is 0 Å². The van der Waals surface area contributed by atoms with Gasteiger partial charge < -0.3 is 5.73 Å². The highest BCUT2D eigenvalue weighted by Gasteiger charge is 2.27. The highest BCUT2D eigenvalue weighted by atomic mass is 14.6. The van der Waals surface area contributed by atoms with Gasteiger partial charge in [-0.1, -0.05) is 40.5 Å². The van der Waals surface area contributed by atoms with Gasteiger partial charge >= 0.3 is 0 Å². The first kappa shape index (κ1) is 13.0. The summed E-state index contributed by atoms with van der Waals surface area (Å²) in [6.45, 7) is 10.2. The Bertz CT molecular complexity index is 176. The number of rotatable bonds is 4. The SMILES string of the molecule is CC(C)C1CCC(CC(C)(C)CN)CC1. The van der Waals surface area contributed by atoms with Gasteiger partial charge in [-0.3, -0.25) is 0 Å². The molecule has 0 radical (unpaired) electrons. The molecule has 90 valence electrons. The average Bonchev–Trinajstić information content (AvgIpc) is 2.18. The zero-order valence-corrected chi connectivity index (χ0v) is 11.1. The lowest BCUT2D eigenvalue weighted by Crippen LogP contribution is -2.28. The molecule has 0 saturated heterocycles. The Kier molecular flexibility index (Phi) is 4.64. The Balaban J connectivity index is 2.32. The van der Waals surface area contributed by atoms with Crippen molar-refractivity contribution in [2.75, 3.05) is 6.54 Å². The first-order valence-electron chi connectivity index (χ1n) is 6.64. The van der Waals surface area contributed by atoms with Gasteiger partial charge in [-0.2, -0.15) is 0 Å². The molecule has 0 unspecified atom stereocenters. The van der Waals surface area contributed by atoms with Crippen molar-refractivity contribution in [3.05, 3.63) is 0 Å². The zero-order valence-electron chi connectivity index (χ0n) is 11.1. The van der Waals surface area contributed by atoms with Gasteiger partial charge in [0.15, 0.2) is 0 Å². The standard InChI is InChI=1S/C14H29N/c1-11(2)13-7-5-12(6-8-13)9-14(3,4)10-15/h11-13H,5-10,15H2,1-4H3. The molecule has 1 nitrogen and oxygen atoms in total. The molecule has 1 rings (SSSR count). The summed E-state index contributed by atoms with van der Waals surface area (Å²) in [5.74, 6) is 2.81. The third-order valence-corrected chi connectivity index (χ3v) is 4.23. The zero-order chi connectivity index (χ0) is 11.5. The molecule has 0 heterocycles. The van der Waals surface area contributed by atoms with Crippen LogP contribution in [0.15, 0.2) is 0 Å². The van der Waals surface area contributed by atoms with Crippen molar-refractivity contribution >= 4 is 0 Å². The maximum Gasteiger partial charge on any atom is -0.00257 e. The van der Waals surface area contributed by atoms with Crippen molar-refractivity contribution in [1.82, 2.24) is 0 Å². The van der Waals surface area contributed by atoms with E-state index in [0.29, 0.717) is 5.41 Å². The van der Waals surface area contributed by atoms with Crippen LogP contribution >= 0.6 is 0 Å². The third-order valence-electron chi connectivity index (χ3n) is 4.23. The van der Waals surface area contributed by atoms with Crippen LogP contribution in [-0.2, 0) is 0 Å². The van der Waals surface area contributed by atoms with E-state index >= 15 is 0 Å². The minimum absolute atomic E-state index is 0.356. The van der Waals surface area contributed by atoms with Crippen molar-refractivity contribution in [3.8, 4) is 0 Å². The molecule has 0 aromatic carbocycles. The molecule has 0 spiro atoms. The lowest BCUT2D eigenvalue weighted by atomic mass is 9.71. The Hall–Kier alpha value is -0.0400. The van der Waals surface area contributed by atoms with E-state index in [2.05, 4.69) is 27.7 Å². The summed E-state index contributed by atoms with van der Waals surface area (Å²) in [7, 11) is 0. The second-order valence-electron chi connectivity index (χ2n) is 6.60. The van der Waals surface area contributed by atoms with E-state index in [1.807, 2.05) is 0 Å². The van der Waals surface area contributed by atoms with Gasteiger partial charge in [-0.25, -0.2) is 0 Å². The monoisotopic (exact) mass is 211 g/mol. The summed E-state index contributed by atoms with van der Waals surface area (Å²) in [4.78, 5) is 0. The van der Waals surface area contributed by atoms with Crippen LogP contribution < -0.4 is 5.73 Å². The van der Waals surface area contributed by atoms with E-state index in [-0.39, 0.29) is 0 Å². The van der Waals surface area contributed by atoms with Crippen LogP contribution in [0.4, 0.5) is 0 Å². The summed E-state index contributed by atoms with van der Waals surface area (Å²) in [5.41, 5.74) is 6.16. The molecule has 15 heavy (non-hydrogen) atoms. The summed E-state index contributed by atoms with van der Waals surface area (Å²) in [5, 5.41) is 0. The average molecular weight is 211 g/mol. The molecule has 0 bridgehead atoms. The van der Waals surface area contributed by atoms with E-state index < -0.39 is 0 Å². The second-order valence-corrected chi connectivity index (χ2v) is 6.60. The fraction of sp³-hybridized carbons (Fsp3) is 1.00. The van der Waals surface area contributed by atoms with E-state index in [0.717, 1.165) is 24.3 Å². The normalized spacial score (nSPS) is 28.4. The molecule has 0 aromatic heterocycles. The summed E-state index contributed by atoms with van der Waals surface area (Å²) in [6, 6.07) is 0. The Morgan fingerprint density at radius 3 is 2.07 bits per heavy atom. The van der Waals surface area contributed by atoms with Gasteiger partial charge in [0.1, 0.15) is 0 Å². The van der Waals surface area contributed by atoms with E-state index in [9.17, 15) is 0 Å². The van der Waals surface area contributed by atoms with Crippen LogP contribution in [0.2, 0.25) is 0 Å². The van der Waals surface area contributed by atoms with Gasteiger partial charge in [0.25, 0.3) is 0 Å². The smallest absolute Gasteiger partial charge is 0.00257 e. The van der Waals surface area contributed by atoms with Gasteiger partial charge in [0, 0.05) is 0 Å². The molecule has 2 N–H and O–H groups in total. The van der Waals surface area contributed by atoms with Crippen LogP contribution in [0, 0.1) is 23.2 Å². The molecule has 0 amide bonds. The van der Waals surface area contributed by atoms with E-state index in [4.69, 9.17) is 5.73 Å². The summed E-state index contributed by atoms with van der Waals surface area (Å²) < 4.78 is 0. The topological polar surface area (TPSA) is 26.0 Å². The highest BCUT2D eigenvalue weighted by Crippen LogP contribution is 2.38. The predicted octanol–water partition coefficient (Wildman–Crippen LogP) is 3.82. The van der Waals surface area contributed by atoms with Crippen LogP contribution in [0.5, 0.6) is 0 Å². The van der Waals surface area contributed by atoms with Gasteiger partial charge in [0.05, 0.1) is 0 Å². The first-order valence-corrected chi connectivity index (χ1v) is 6.64. The number of nitrogens with two attached hydrogens (primary N) is 1. The third kappa shape index (κ3) is 4.14. The molecule has 1 saturated carbocycles. The van der Waals surface area contributed by atoms with Crippen LogP contribution in [-0.4, -0.2) is 6.54 Å². The molecular weight excluding hydrogens is 182 g/mol. The van der Waals surface area contributed by atoms with Crippen molar-refractivity contribution in [2.24, 2.45) is 28.9 Å². The quantitative estimate of drug-likeness (QED) is 0.751. The molecule has 1 fully saturated rings. The van der Waals surface area contributed by atoms with Crippen molar-refractivity contribution < 1.29 is 0 Å². The summed E-state index contributed by atoms with van der Waals surface area (Å²) in [6.07, 6.45) is 7.10. The lowest BCUT2D eigenvalue weighted by Gasteiger charge is -2.35. The van der Waals surface area contributed by atoms with Crippen LogP contribution in [0.25, 0.3) is 0 Å². The maximum absolute atomic E-state index is 5.80. The molecule has 1 aliphatic rings. The molecular formula is C14H29N. The first-order chi connectivity index (χ1) is 6.94. The van der Waals surface area contributed by atoms with E-state index in [1.165, 1.54) is 32.1 Å². The minimum Gasteiger partial charge on any atom is -0.330 e. The molecule has 0 aromatic rings. The Morgan fingerprint density at radius 2 is 1.67 bits per heavy atom.